The van der Waals surface area contributed by atoms with Gasteiger partial charge in [-0.15, -0.1) is 0 Å². The monoisotopic (exact) mass is 281 g/mol. The molecular weight excluding hydrogens is 254 g/mol. The van der Waals surface area contributed by atoms with Crippen LogP contribution in [0.15, 0.2) is 18.2 Å². The van der Waals surface area contributed by atoms with Crippen molar-refractivity contribution < 1.29 is 14.2 Å². The molecule has 0 saturated heterocycles. The van der Waals surface area contributed by atoms with E-state index in [2.05, 4.69) is 25.2 Å². The maximum absolute atomic E-state index is 5.86. The molecule has 0 atom stereocenters. The van der Waals surface area contributed by atoms with Gasteiger partial charge in [0.15, 0.2) is 0 Å². The SMILES string of the molecule is CCCOc1ccc(CNCC)c(OCCCOC)c1. The molecule has 20 heavy (non-hydrogen) atoms. The molecule has 4 nitrogen and oxygen atoms in total. The van der Waals surface area contributed by atoms with Crippen molar-refractivity contribution in [1.82, 2.24) is 5.32 Å². The zero-order valence-electron chi connectivity index (χ0n) is 12.9. The van der Waals surface area contributed by atoms with Gasteiger partial charge < -0.3 is 19.5 Å². The van der Waals surface area contributed by atoms with Gasteiger partial charge >= 0.3 is 0 Å². The van der Waals surface area contributed by atoms with Crippen LogP contribution in [0.4, 0.5) is 0 Å². The van der Waals surface area contributed by atoms with E-state index in [0.717, 1.165) is 49.6 Å². The topological polar surface area (TPSA) is 39.7 Å². The van der Waals surface area contributed by atoms with Crippen LogP contribution >= 0.6 is 0 Å². The molecule has 0 heterocycles. The molecule has 1 aromatic carbocycles. The Morgan fingerprint density at radius 3 is 2.60 bits per heavy atom. The number of hydrogen-bond acceptors (Lipinski definition) is 4. The van der Waals surface area contributed by atoms with Crippen LogP contribution in [0.25, 0.3) is 0 Å². The highest BCUT2D eigenvalue weighted by atomic mass is 16.5. The summed E-state index contributed by atoms with van der Waals surface area (Å²) in [5, 5.41) is 3.32. The van der Waals surface area contributed by atoms with Crippen molar-refractivity contribution in [3.8, 4) is 11.5 Å². The summed E-state index contributed by atoms with van der Waals surface area (Å²) in [6.45, 7) is 8.05. The van der Waals surface area contributed by atoms with Crippen LogP contribution < -0.4 is 14.8 Å². The fourth-order valence-corrected chi connectivity index (χ4v) is 1.77. The van der Waals surface area contributed by atoms with Crippen LogP contribution in [-0.4, -0.2) is 33.5 Å². The first-order valence-corrected chi connectivity index (χ1v) is 7.40. The number of ether oxygens (including phenoxy) is 3. The molecule has 4 heteroatoms. The van der Waals surface area contributed by atoms with Crippen molar-refractivity contribution in [2.45, 2.75) is 33.2 Å². The Kier molecular flexibility index (Phi) is 8.83. The van der Waals surface area contributed by atoms with Gasteiger partial charge in [0.1, 0.15) is 11.5 Å². The van der Waals surface area contributed by atoms with Gasteiger partial charge in [-0.25, -0.2) is 0 Å². The molecule has 0 aliphatic carbocycles. The molecule has 0 aliphatic heterocycles. The van der Waals surface area contributed by atoms with Crippen LogP contribution in [0.2, 0.25) is 0 Å². The Morgan fingerprint density at radius 1 is 1.05 bits per heavy atom. The number of methoxy groups -OCH3 is 1. The molecule has 0 fully saturated rings. The van der Waals surface area contributed by atoms with Crippen LogP contribution in [0.1, 0.15) is 32.3 Å². The second kappa shape index (κ2) is 10.5. The van der Waals surface area contributed by atoms with Crippen molar-refractivity contribution >= 4 is 0 Å². The molecule has 1 aromatic rings. The minimum atomic E-state index is 0.657. The second-order valence-corrected chi connectivity index (χ2v) is 4.59. The number of nitrogens with one attached hydrogen (secondary N) is 1. The highest BCUT2D eigenvalue weighted by Gasteiger charge is 2.06. The van der Waals surface area contributed by atoms with Gasteiger partial charge in [-0.3, -0.25) is 0 Å². The van der Waals surface area contributed by atoms with Gasteiger partial charge in [0.25, 0.3) is 0 Å². The predicted molar refractivity (Wildman–Crippen MR) is 81.6 cm³/mol. The average molecular weight is 281 g/mol. The first-order chi connectivity index (χ1) is 9.81. The summed E-state index contributed by atoms with van der Waals surface area (Å²) >= 11 is 0. The van der Waals surface area contributed by atoms with Crippen molar-refractivity contribution in [3.05, 3.63) is 23.8 Å². The van der Waals surface area contributed by atoms with Crippen molar-refractivity contribution in [2.24, 2.45) is 0 Å². The van der Waals surface area contributed by atoms with Crippen molar-refractivity contribution in [3.63, 3.8) is 0 Å². The molecule has 0 spiro atoms. The van der Waals surface area contributed by atoms with Gasteiger partial charge in [-0.1, -0.05) is 19.9 Å². The molecule has 0 unspecified atom stereocenters. The lowest BCUT2D eigenvalue weighted by Gasteiger charge is -2.14. The fourth-order valence-electron chi connectivity index (χ4n) is 1.77. The van der Waals surface area contributed by atoms with E-state index in [4.69, 9.17) is 14.2 Å². The minimum absolute atomic E-state index is 0.657. The molecule has 114 valence electrons. The fraction of sp³-hybridized carbons (Fsp3) is 0.625. The summed E-state index contributed by atoms with van der Waals surface area (Å²) in [5.41, 5.74) is 1.16. The summed E-state index contributed by atoms with van der Waals surface area (Å²) in [6.07, 6.45) is 1.89. The van der Waals surface area contributed by atoms with E-state index in [0.29, 0.717) is 13.2 Å². The maximum atomic E-state index is 5.86. The Hall–Kier alpha value is -1.26. The Bertz CT molecular complexity index is 369. The van der Waals surface area contributed by atoms with E-state index < -0.39 is 0 Å². The Labute approximate surface area is 122 Å². The minimum Gasteiger partial charge on any atom is -0.493 e. The van der Waals surface area contributed by atoms with E-state index in [9.17, 15) is 0 Å². The average Bonchev–Trinajstić information content (AvgIpc) is 2.48. The zero-order valence-corrected chi connectivity index (χ0v) is 12.9. The van der Waals surface area contributed by atoms with Gasteiger partial charge in [-0.05, 0) is 19.0 Å². The van der Waals surface area contributed by atoms with Crippen LogP contribution in [0.5, 0.6) is 11.5 Å². The number of benzene rings is 1. The summed E-state index contributed by atoms with van der Waals surface area (Å²) in [7, 11) is 1.70. The number of hydrogen-bond donors (Lipinski definition) is 1. The van der Waals surface area contributed by atoms with E-state index >= 15 is 0 Å². The summed E-state index contributed by atoms with van der Waals surface area (Å²) in [6, 6.07) is 6.05. The third-order valence-electron chi connectivity index (χ3n) is 2.83. The molecule has 0 amide bonds. The van der Waals surface area contributed by atoms with Gasteiger partial charge in [0.2, 0.25) is 0 Å². The van der Waals surface area contributed by atoms with Crippen LogP contribution in [0.3, 0.4) is 0 Å². The molecule has 1 rings (SSSR count). The Morgan fingerprint density at radius 2 is 1.90 bits per heavy atom. The summed E-state index contributed by atoms with van der Waals surface area (Å²) in [4.78, 5) is 0. The molecule has 0 aliphatic rings. The first-order valence-electron chi connectivity index (χ1n) is 7.40. The van der Waals surface area contributed by atoms with E-state index in [1.807, 2.05) is 12.1 Å². The normalized spacial score (nSPS) is 10.6. The zero-order chi connectivity index (χ0) is 14.6. The third-order valence-corrected chi connectivity index (χ3v) is 2.83. The summed E-state index contributed by atoms with van der Waals surface area (Å²) < 4.78 is 16.5. The highest BCUT2D eigenvalue weighted by Crippen LogP contribution is 2.25. The number of rotatable bonds is 11. The lowest BCUT2D eigenvalue weighted by atomic mass is 10.2. The third kappa shape index (κ3) is 6.26. The first kappa shape index (κ1) is 16.8. The molecule has 1 N–H and O–H groups in total. The molecular formula is C16H27NO3. The molecule has 0 radical (unpaired) electrons. The largest absolute Gasteiger partial charge is 0.493 e. The smallest absolute Gasteiger partial charge is 0.127 e. The van der Waals surface area contributed by atoms with Crippen molar-refractivity contribution in [2.75, 3.05) is 33.5 Å². The van der Waals surface area contributed by atoms with Crippen LogP contribution in [-0.2, 0) is 11.3 Å². The van der Waals surface area contributed by atoms with Gasteiger partial charge in [-0.2, -0.15) is 0 Å². The van der Waals surface area contributed by atoms with Gasteiger partial charge in [0, 0.05) is 38.3 Å². The molecule has 0 saturated carbocycles. The highest BCUT2D eigenvalue weighted by molar-refractivity contribution is 5.40. The Balaban J connectivity index is 2.66. The lowest BCUT2D eigenvalue weighted by molar-refractivity contribution is 0.171. The van der Waals surface area contributed by atoms with Crippen LogP contribution in [0, 0.1) is 0 Å². The van der Waals surface area contributed by atoms with E-state index in [1.54, 1.807) is 7.11 Å². The second-order valence-electron chi connectivity index (χ2n) is 4.59. The lowest BCUT2D eigenvalue weighted by Crippen LogP contribution is -2.13. The van der Waals surface area contributed by atoms with E-state index in [-0.39, 0.29) is 0 Å². The van der Waals surface area contributed by atoms with Crippen molar-refractivity contribution in [1.29, 1.82) is 0 Å². The molecule has 0 aromatic heterocycles. The standard InChI is InChI=1S/C16H27NO3/c1-4-9-19-15-8-7-14(13-17-5-2)16(12-15)20-11-6-10-18-3/h7-8,12,17H,4-6,9-11,13H2,1-3H3. The van der Waals surface area contributed by atoms with Gasteiger partial charge in [0.05, 0.1) is 13.2 Å². The predicted octanol–water partition coefficient (Wildman–Crippen LogP) is 3.00. The molecule has 0 bridgehead atoms. The quantitative estimate of drug-likeness (QED) is 0.633. The summed E-state index contributed by atoms with van der Waals surface area (Å²) in [5.74, 6) is 1.77. The van der Waals surface area contributed by atoms with E-state index in [1.165, 1.54) is 0 Å². The maximum Gasteiger partial charge on any atom is 0.127 e.